The van der Waals surface area contributed by atoms with Crippen molar-refractivity contribution in [1.29, 1.82) is 10.5 Å². The summed E-state index contributed by atoms with van der Waals surface area (Å²) in [5.41, 5.74) is 5.94. The zero-order valence-electron chi connectivity index (χ0n) is 20.7. The number of nitrogens with two attached hydrogens (primary N) is 1. The van der Waals surface area contributed by atoms with Gasteiger partial charge in [0, 0.05) is 0 Å². The molecule has 0 unspecified atom stereocenters. The average Bonchev–Trinajstić information content (AvgIpc) is 2.94. The fraction of sp³-hybridized carbons (Fsp3) is 0.0769. The van der Waals surface area contributed by atoms with Gasteiger partial charge in [0.2, 0.25) is 0 Å². The second kappa shape index (κ2) is 14.9. The minimum absolute atomic E-state index is 0.0198. The van der Waals surface area contributed by atoms with Crippen LogP contribution in [0.25, 0.3) is 0 Å². The molecule has 2 aromatic carbocycles. The first-order valence-corrected chi connectivity index (χ1v) is 12.7. The van der Waals surface area contributed by atoms with Crippen LogP contribution in [0.15, 0.2) is 36.4 Å². The highest BCUT2D eigenvalue weighted by Crippen LogP contribution is 2.31. The van der Waals surface area contributed by atoms with Crippen molar-refractivity contribution in [3.63, 3.8) is 0 Å². The minimum Gasteiger partial charge on any atom is -0.395 e. The summed E-state index contributed by atoms with van der Waals surface area (Å²) in [6.45, 7) is 3.19. The summed E-state index contributed by atoms with van der Waals surface area (Å²) in [6.07, 6.45) is 0. The monoisotopic (exact) mass is 662 g/mol. The van der Waals surface area contributed by atoms with Gasteiger partial charge in [0.1, 0.15) is 22.4 Å². The van der Waals surface area contributed by atoms with E-state index in [9.17, 15) is 17.6 Å². The van der Waals surface area contributed by atoms with Crippen LogP contribution >= 0.6 is 58.0 Å². The minimum atomic E-state index is -0.831. The third kappa shape index (κ3) is 8.74. The number of halogens is 9. The molecule has 6 nitrogen and oxygen atoms in total. The molecule has 4 aromatic rings. The summed E-state index contributed by atoms with van der Waals surface area (Å²) < 4.78 is 53.0. The fourth-order valence-corrected chi connectivity index (χ4v) is 3.61. The van der Waals surface area contributed by atoms with Crippen LogP contribution in [0.3, 0.4) is 0 Å². The van der Waals surface area contributed by atoms with Crippen LogP contribution in [-0.4, -0.2) is 9.97 Å². The van der Waals surface area contributed by atoms with Crippen molar-refractivity contribution in [2.75, 3.05) is 11.1 Å². The van der Waals surface area contributed by atoms with Crippen LogP contribution in [0.2, 0.25) is 25.5 Å². The third-order valence-electron chi connectivity index (χ3n) is 4.90. The molecule has 0 spiro atoms. The summed E-state index contributed by atoms with van der Waals surface area (Å²) in [7, 11) is 0. The van der Waals surface area contributed by atoms with Gasteiger partial charge in [0.25, 0.3) is 0 Å². The number of anilines is 3. The number of hydrogen-bond acceptors (Lipinski definition) is 6. The van der Waals surface area contributed by atoms with Crippen molar-refractivity contribution >= 4 is 75.2 Å². The molecule has 0 radical (unpaired) electrons. The maximum atomic E-state index is 13.9. The number of hydrogen-bond donors (Lipinski definition) is 2. The summed E-state index contributed by atoms with van der Waals surface area (Å²) in [6, 6.07) is 11.4. The van der Waals surface area contributed by atoms with Crippen molar-refractivity contribution in [2.24, 2.45) is 0 Å². The van der Waals surface area contributed by atoms with Crippen LogP contribution in [0.4, 0.5) is 34.8 Å². The van der Waals surface area contributed by atoms with E-state index in [1.807, 2.05) is 0 Å². The molecule has 41 heavy (non-hydrogen) atoms. The lowest BCUT2D eigenvalue weighted by molar-refractivity contribution is 0.617. The van der Waals surface area contributed by atoms with E-state index in [1.54, 1.807) is 38.1 Å². The van der Waals surface area contributed by atoms with Crippen LogP contribution in [0.1, 0.15) is 22.3 Å². The van der Waals surface area contributed by atoms with Crippen LogP contribution in [0, 0.1) is 59.8 Å². The summed E-state index contributed by atoms with van der Waals surface area (Å²) >= 11 is 27.8. The van der Waals surface area contributed by atoms with E-state index in [0.29, 0.717) is 11.1 Å². The van der Waals surface area contributed by atoms with Gasteiger partial charge in [-0.3, -0.25) is 0 Å². The molecule has 2 aromatic heterocycles. The molecule has 0 amide bonds. The molecule has 2 heterocycles. The number of benzene rings is 2. The van der Waals surface area contributed by atoms with Gasteiger partial charge in [0.05, 0.1) is 32.5 Å². The highest BCUT2D eigenvalue weighted by molar-refractivity contribution is 6.34. The van der Waals surface area contributed by atoms with Gasteiger partial charge in [-0.1, -0.05) is 70.1 Å². The molecule has 0 fully saturated rings. The Morgan fingerprint density at radius 3 is 1.73 bits per heavy atom. The van der Waals surface area contributed by atoms with E-state index in [0.717, 1.165) is 12.1 Å². The van der Waals surface area contributed by atoms with Crippen LogP contribution < -0.4 is 11.1 Å². The first-order valence-electron chi connectivity index (χ1n) is 10.8. The lowest BCUT2D eigenvalue weighted by Gasteiger charge is -2.11. The molecular weight excluding hydrogens is 650 g/mol. The lowest BCUT2D eigenvalue weighted by atomic mass is 10.2. The SMILES string of the molecule is Cc1ccc(Cl)c(N)c1F.Cc1ccc(Cl)c(Nc2nc(Cl)c(C#N)cc2F)c1F.N#Cc1cc(F)c(Cl)nc1Cl. The predicted octanol–water partition coefficient (Wildman–Crippen LogP) is 9.36. The first-order chi connectivity index (χ1) is 19.2. The molecule has 0 saturated heterocycles. The maximum Gasteiger partial charge on any atom is 0.168 e. The largest absolute Gasteiger partial charge is 0.395 e. The van der Waals surface area contributed by atoms with E-state index >= 15 is 0 Å². The third-order valence-corrected chi connectivity index (χ3v) is 6.39. The van der Waals surface area contributed by atoms with Crippen molar-refractivity contribution in [2.45, 2.75) is 13.8 Å². The Morgan fingerprint density at radius 1 is 0.707 bits per heavy atom. The number of pyridine rings is 2. The standard InChI is InChI=1S/C13H7Cl2F2N3.C7H7ClFN.C6HCl2FN2/c1-6-2-3-8(14)11(10(6)17)19-13-9(16)4-7(5-18)12(15)20-13;1-4-2-3-5(8)7(10)6(4)9;7-5-3(2-10)1-4(9)6(8)11-5/h2-4H,1H3,(H,19,20);2-3H,10H2,1H3;1H. The van der Waals surface area contributed by atoms with E-state index in [2.05, 4.69) is 15.3 Å². The van der Waals surface area contributed by atoms with Gasteiger partial charge >= 0.3 is 0 Å². The van der Waals surface area contributed by atoms with Gasteiger partial charge in [-0.15, -0.1) is 0 Å². The van der Waals surface area contributed by atoms with Gasteiger partial charge in [-0.2, -0.15) is 10.5 Å². The quantitative estimate of drug-likeness (QED) is 0.126. The van der Waals surface area contributed by atoms with Gasteiger partial charge in [0.15, 0.2) is 34.2 Å². The number of aryl methyl sites for hydroxylation is 2. The highest BCUT2D eigenvalue weighted by atomic mass is 35.5. The Morgan fingerprint density at radius 2 is 1.20 bits per heavy atom. The molecule has 0 aliphatic carbocycles. The molecule has 0 aliphatic heterocycles. The molecule has 0 atom stereocenters. The summed E-state index contributed by atoms with van der Waals surface area (Å²) in [5.74, 6) is -2.91. The molecule has 15 heteroatoms. The highest BCUT2D eigenvalue weighted by Gasteiger charge is 2.15. The molecule has 3 N–H and O–H groups in total. The number of nitrogens with one attached hydrogen (secondary N) is 1. The molecule has 212 valence electrons. The Hall–Kier alpha value is -3.51. The van der Waals surface area contributed by atoms with E-state index in [4.69, 9.17) is 74.3 Å². The fourth-order valence-electron chi connectivity index (χ4n) is 2.72. The van der Waals surface area contributed by atoms with E-state index in [-0.39, 0.29) is 53.8 Å². The number of nitrogen functional groups attached to an aromatic ring is 1. The average molecular weight is 665 g/mol. The smallest absolute Gasteiger partial charge is 0.168 e. The Kier molecular flexibility index (Phi) is 12.3. The molecule has 4 rings (SSSR count). The second-order valence-corrected chi connectivity index (χ2v) is 9.64. The van der Waals surface area contributed by atoms with Gasteiger partial charge in [-0.05, 0) is 49.2 Å². The van der Waals surface area contributed by atoms with Crippen LogP contribution in [-0.2, 0) is 0 Å². The second-order valence-electron chi connectivity index (χ2n) is 7.75. The van der Waals surface area contributed by atoms with Crippen molar-refractivity contribution in [3.05, 3.63) is 107 Å². The van der Waals surface area contributed by atoms with Crippen molar-refractivity contribution in [1.82, 2.24) is 9.97 Å². The molecule has 0 aliphatic rings. The van der Waals surface area contributed by atoms with Crippen LogP contribution in [0.5, 0.6) is 0 Å². The predicted molar refractivity (Wildman–Crippen MR) is 153 cm³/mol. The van der Waals surface area contributed by atoms with Crippen molar-refractivity contribution < 1.29 is 17.6 Å². The Bertz CT molecular complexity index is 1660. The van der Waals surface area contributed by atoms with Crippen molar-refractivity contribution in [3.8, 4) is 12.1 Å². The molecule has 0 bridgehead atoms. The summed E-state index contributed by atoms with van der Waals surface area (Å²) in [5, 5.41) is 19.3. The maximum absolute atomic E-state index is 13.9. The number of nitrogens with zero attached hydrogens (tertiary/aromatic N) is 4. The zero-order valence-corrected chi connectivity index (χ0v) is 24.5. The normalized spacial score (nSPS) is 9.88. The van der Waals surface area contributed by atoms with Gasteiger partial charge in [-0.25, -0.2) is 27.5 Å². The topological polar surface area (TPSA) is 111 Å². The van der Waals surface area contributed by atoms with E-state index in [1.165, 1.54) is 12.1 Å². The van der Waals surface area contributed by atoms with Gasteiger partial charge < -0.3 is 11.1 Å². The van der Waals surface area contributed by atoms with E-state index < -0.39 is 23.3 Å². The Labute approximate surface area is 256 Å². The number of rotatable bonds is 2. The lowest BCUT2D eigenvalue weighted by Crippen LogP contribution is -2.02. The first kappa shape index (κ1) is 33.7. The Balaban J connectivity index is 0.000000236. The molecular formula is C26H15Cl5F4N6. The molecule has 0 saturated carbocycles. The number of aromatic nitrogens is 2. The number of nitriles is 2. The summed E-state index contributed by atoms with van der Waals surface area (Å²) in [4.78, 5) is 7.06. The zero-order chi connectivity index (χ0) is 31.0.